The molecule has 5 heteroatoms. The Morgan fingerprint density at radius 3 is 2.71 bits per heavy atom. The Morgan fingerprint density at radius 2 is 2.14 bits per heavy atom. The van der Waals surface area contributed by atoms with E-state index in [1.807, 2.05) is 0 Å². The molecule has 1 fully saturated rings. The molecule has 0 amide bonds. The third-order valence-electron chi connectivity index (χ3n) is 2.39. The fourth-order valence-corrected chi connectivity index (χ4v) is 1.69. The molecule has 2 atom stereocenters. The molecule has 1 aromatic rings. The van der Waals surface area contributed by atoms with E-state index in [1.165, 1.54) is 0 Å². The Hall–Kier alpha value is -0.670. The molecule has 76 valence electrons. The van der Waals surface area contributed by atoms with Gasteiger partial charge >= 0.3 is 0 Å². The predicted molar refractivity (Wildman–Crippen MR) is 59.9 cm³/mol. The lowest BCUT2D eigenvalue weighted by atomic mass is 10.4. The minimum Gasteiger partial charge on any atom is -0.382 e. The van der Waals surface area contributed by atoms with Crippen LogP contribution in [-0.4, -0.2) is 11.0 Å². The van der Waals surface area contributed by atoms with Crippen molar-refractivity contribution in [1.82, 2.24) is 4.98 Å². The highest BCUT2D eigenvalue weighted by Gasteiger charge is 2.33. The topological polar surface area (TPSA) is 50.9 Å². The molecule has 1 saturated carbocycles. The van der Waals surface area contributed by atoms with Crippen molar-refractivity contribution in [2.45, 2.75) is 19.4 Å². The summed E-state index contributed by atoms with van der Waals surface area (Å²) in [5.41, 5.74) is 5.58. The molecule has 1 heterocycles. The highest BCUT2D eigenvalue weighted by atomic mass is 35.5. The Bertz CT molecular complexity index is 367. The maximum Gasteiger partial charge on any atom is 0.147 e. The monoisotopic (exact) mass is 231 g/mol. The summed E-state index contributed by atoms with van der Waals surface area (Å²) in [5.74, 6) is 1.62. The summed E-state index contributed by atoms with van der Waals surface area (Å²) in [5, 5.41) is 4.13. The van der Waals surface area contributed by atoms with Crippen LogP contribution in [0.15, 0.2) is 6.07 Å². The number of aromatic nitrogens is 1. The van der Waals surface area contributed by atoms with Crippen molar-refractivity contribution in [3.63, 3.8) is 0 Å². The summed E-state index contributed by atoms with van der Waals surface area (Å²) in [4.78, 5) is 4.09. The van der Waals surface area contributed by atoms with E-state index >= 15 is 0 Å². The van der Waals surface area contributed by atoms with Crippen LogP contribution in [0.1, 0.15) is 13.3 Å². The van der Waals surface area contributed by atoms with E-state index in [9.17, 15) is 0 Å². The second-order valence-corrected chi connectivity index (χ2v) is 4.46. The number of nitrogens with two attached hydrogens (primary N) is 1. The van der Waals surface area contributed by atoms with Gasteiger partial charge in [0, 0.05) is 6.04 Å². The van der Waals surface area contributed by atoms with Crippen molar-refractivity contribution >= 4 is 34.8 Å². The minimum atomic E-state index is 0.312. The molecule has 1 aliphatic carbocycles. The fourth-order valence-electron chi connectivity index (χ4n) is 1.28. The second-order valence-electron chi connectivity index (χ2n) is 3.65. The summed E-state index contributed by atoms with van der Waals surface area (Å²) < 4.78 is 0. The number of anilines is 2. The zero-order valence-corrected chi connectivity index (χ0v) is 9.23. The highest BCUT2D eigenvalue weighted by molar-refractivity contribution is 6.37. The number of pyridine rings is 1. The first kappa shape index (κ1) is 9.87. The number of hydrogen-bond acceptors (Lipinski definition) is 3. The minimum absolute atomic E-state index is 0.312. The SMILES string of the molecule is CC1CC1Nc1nc(N)c(Cl)cc1Cl. The number of nitrogens with zero attached hydrogens (tertiary/aromatic N) is 1. The Balaban J connectivity index is 2.20. The van der Waals surface area contributed by atoms with E-state index in [0.717, 1.165) is 6.42 Å². The van der Waals surface area contributed by atoms with Crippen molar-refractivity contribution in [1.29, 1.82) is 0 Å². The van der Waals surface area contributed by atoms with Gasteiger partial charge in [-0.25, -0.2) is 4.98 Å². The van der Waals surface area contributed by atoms with Crippen molar-refractivity contribution in [2.24, 2.45) is 5.92 Å². The molecule has 0 aliphatic heterocycles. The molecular weight excluding hydrogens is 221 g/mol. The van der Waals surface area contributed by atoms with E-state index < -0.39 is 0 Å². The Morgan fingerprint density at radius 1 is 1.50 bits per heavy atom. The lowest BCUT2D eigenvalue weighted by Gasteiger charge is -2.08. The number of nitrogens with one attached hydrogen (secondary N) is 1. The summed E-state index contributed by atoms with van der Waals surface area (Å²) in [7, 11) is 0. The maximum atomic E-state index is 5.96. The molecule has 0 bridgehead atoms. The van der Waals surface area contributed by atoms with Gasteiger partial charge in [0.25, 0.3) is 0 Å². The molecule has 0 radical (unpaired) electrons. The summed E-state index contributed by atoms with van der Waals surface area (Å²) in [6.45, 7) is 2.17. The molecule has 14 heavy (non-hydrogen) atoms. The van der Waals surface area contributed by atoms with Crippen LogP contribution >= 0.6 is 23.2 Å². The fraction of sp³-hybridized carbons (Fsp3) is 0.444. The summed E-state index contributed by atoms with van der Waals surface area (Å²) in [6, 6.07) is 2.08. The second kappa shape index (κ2) is 3.48. The zero-order valence-electron chi connectivity index (χ0n) is 7.72. The lowest BCUT2D eigenvalue weighted by molar-refractivity contribution is 0.924. The van der Waals surface area contributed by atoms with E-state index in [0.29, 0.717) is 33.6 Å². The molecule has 0 saturated heterocycles. The van der Waals surface area contributed by atoms with Crippen molar-refractivity contribution < 1.29 is 0 Å². The maximum absolute atomic E-state index is 5.96. The van der Waals surface area contributed by atoms with E-state index in [2.05, 4.69) is 17.2 Å². The van der Waals surface area contributed by atoms with Crippen LogP contribution in [0, 0.1) is 5.92 Å². The van der Waals surface area contributed by atoms with Gasteiger partial charge in [0.15, 0.2) is 0 Å². The van der Waals surface area contributed by atoms with Crippen LogP contribution in [0.25, 0.3) is 0 Å². The Labute approximate surface area is 92.6 Å². The molecule has 0 aromatic carbocycles. The average Bonchev–Trinajstić information content (AvgIpc) is 2.78. The normalized spacial score (nSPS) is 24.8. The van der Waals surface area contributed by atoms with Gasteiger partial charge < -0.3 is 11.1 Å². The smallest absolute Gasteiger partial charge is 0.147 e. The van der Waals surface area contributed by atoms with Gasteiger partial charge in [-0.15, -0.1) is 0 Å². The Kier molecular flexibility index (Phi) is 2.45. The van der Waals surface area contributed by atoms with Crippen molar-refractivity contribution in [3.8, 4) is 0 Å². The predicted octanol–water partition coefficient (Wildman–Crippen LogP) is 2.79. The van der Waals surface area contributed by atoms with Gasteiger partial charge in [-0.3, -0.25) is 0 Å². The van der Waals surface area contributed by atoms with Crippen LogP contribution in [0.4, 0.5) is 11.6 Å². The quantitative estimate of drug-likeness (QED) is 0.824. The van der Waals surface area contributed by atoms with Crippen molar-refractivity contribution in [2.75, 3.05) is 11.1 Å². The van der Waals surface area contributed by atoms with Crippen molar-refractivity contribution in [3.05, 3.63) is 16.1 Å². The van der Waals surface area contributed by atoms with Gasteiger partial charge in [0.05, 0.1) is 10.0 Å². The summed E-state index contributed by atoms with van der Waals surface area (Å²) >= 11 is 11.7. The third kappa shape index (κ3) is 1.88. The first-order valence-electron chi connectivity index (χ1n) is 4.46. The van der Waals surface area contributed by atoms with Crippen LogP contribution in [0.2, 0.25) is 10.0 Å². The molecule has 2 unspecified atom stereocenters. The van der Waals surface area contributed by atoms with E-state index in [-0.39, 0.29) is 0 Å². The number of hydrogen-bond donors (Lipinski definition) is 2. The number of nitrogen functional groups attached to an aromatic ring is 1. The van der Waals surface area contributed by atoms with Crippen LogP contribution in [0.3, 0.4) is 0 Å². The molecule has 1 aliphatic rings. The zero-order chi connectivity index (χ0) is 10.3. The third-order valence-corrected chi connectivity index (χ3v) is 2.98. The van der Waals surface area contributed by atoms with Gasteiger partial charge in [-0.05, 0) is 18.4 Å². The van der Waals surface area contributed by atoms with E-state index in [4.69, 9.17) is 28.9 Å². The first-order valence-corrected chi connectivity index (χ1v) is 5.21. The average molecular weight is 232 g/mol. The molecule has 0 spiro atoms. The highest BCUT2D eigenvalue weighted by Crippen LogP contribution is 2.35. The van der Waals surface area contributed by atoms with Gasteiger partial charge in [-0.1, -0.05) is 30.1 Å². The largest absolute Gasteiger partial charge is 0.382 e. The van der Waals surface area contributed by atoms with Gasteiger partial charge in [0.1, 0.15) is 11.6 Å². The number of rotatable bonds is 2. The first-order chi connectivity index (χ1) is 6.58. The van der Waals surface area contributed by atoms with Crippen LogP contribution in [0.5, 0.6) is 0 Å². The molecular formula is C9H11Cl2N3. The van der Waals surface area contributed by atoms with E-state index in [1.54, 1.807) is 6.07 Å². The lowest BCUT2D eigenvalue weighted by Crippen LogP contribution is -2.07. The summed E-state index contributed by atoms with van der Waals surface area (Å²) in [6.07, 6.45) is 1.15. The molecule has 2 rings (SSSR count). The van der Waals surface area contributed by atoms with Crippen LogP contribution < -0.4 is 11.1 Å². The van der Waals surface area contributed by atoms with Gasteiger partial charge in [0.2, 0.25) is 0 Å². The number of halogens is 2. The standard InChI is InChI=1S/C9H11Cl2N3/c1-4-2-7(4)13-9-6(11)3-5(10)8(12)14-9/h3-4,7H,2H2,1H3,(H3,12,13,14). The van der Waals surface area contributed by atoms with Crippen LogP contribution in [-0.2, 0) is 0 Å². The molecule has 3 nitrogen and oxygen atoms in total. The van der Waals surface area contributed by atoms with Gasteiger partial charge in [-0.2, -0.15) is 0 Å². The molecule has 3 N–H and O–H groups in total. The molecule has 1 aromatic heterocycles.